The third-order valence-electron chi connectivity index (χ3n) is 8.54. The number of ether oxygens (including phenoxy) is 1. The summed E-state index contributed by atoms with van der Waals surface area (Å²) in [4.78, 5) is 29.1. The van der Waals surface area contributed by atoms with Crippen molar-refractivity contribution in [3.63, 3.8) is 0 Å². The lowest BCUT2D eigenvalue weighted by Gasteiger charge is -2.31. The van der Waals surface area contributed by atoms with E-state index in [1.165, 1.54) is 4.90 Å². The number of hydrogen-bond acceptors (Lipinski definition) is 5. The standard InChI is InChI=1S/C30H28N2O4/c1-29-16-17-30(36-29,15-7-12-24(33)19-8-3-2-4-9-19)26-25(29)27(34)32(28(26)35)23-14-13-20(18-31)21-10-5-6-11-22(21)23/h2-6,8-11,13-14,24-26,33H,7,12,15-17H2,1H3/t24?,25-,26+,29?,30?/m1/s1. The fourth-order valence-electron chi connectivity index (χ4n) is 6.86. The first-order chi connectivity index (χ1) is 17.4. The minimum Gasteiger partial charge on any atom is -0.388 e. The summed E-state index contributed by atoms with van der Waals surface area (Å²) in [5, 5.41) is 21.6. The van der Waals surface area contributed by atoms with Gasteiger partial charge in [0.05, 0.1) is 46.5 Å². The number of imide groups is 1. The number of hydrogen-bond donors (Lipinski definition) is 1. The molecule has 3 aromatic rings. The van der Waals surface area contributed by atoms with Crippen molar-refractivity contribution in [3.05, 3.63) is 77.9 Å². The molecule has 3 heterocycles. The van der Waals surface area contributed by atoms with Crippen molar-refractivity contribution in [1.82, 2.24) is 0 Å². The molecule has 3 saturated heterocycles. The fourth-order valence-corrected chi connectivity index (χ4v) is 6.86. The van der Waals surface area contributed by atoms with Gasteiger partial charge in [-0.25, -0.2) is 4.90 Å². The monoisotopic (exact) mass is 480 g/mol. The molecule has 0 aromatic heterocycles. The number of rotatable bonds is 6. The number of aliphatic hydroxyl groups is 1. The molecule has 3 fully saturated rings. The van der Waals surface area contributed by atoms with Crippen LogP contribution in [0.15, 0.2) is 66.7 Å². The van der Waals surface area contributed by atoms with Crippen LogP contribution in [0.5, 0.6) is 0 Å². The lowest BCUT2D eigenvalue weighted by atomic mass is 9.67. The predicted octanol–water partition coefficient (Wildman–Crippen LogP) is 5.04. The summed E-state index contributed by atoms with van der Waals surface area (Å²) >= 11 is 0. The molecule has 2 amide bonds. The molecule has 1 N–H and O–H groups in total. The number of nitrogens with zero attached hydrogens (tertiary/aromatic N) is 2. The van der Waals surface area contributed by atoms with E-state index >= 15 is 0 Å². The van der Waals surface area contributed by atoms with Crippen molar-refractivity contribution in [2.24, 2.45) is 11.8 Å². The van der Waals surface area contributed by atoms with E-state index in [0.29, 0.717) is 30.5 Å². The van der Waals surface area contributed by atoms with Gasteiger partial charge in [0.1, 0.15) is 0 Å². The Balaban J connectivity index is 1.30. The summed E-state index contributed by atoms with van der Waals surface area (Å²) in [6.45, 7) is 1.96. The van der Waals surface area contributed by atoms with Gasteiger partial charge in [-0.2, -0.15) is 5.26 Å². The number of carbonyl (C=O) groups excluding carboxylic acids is 2. The van der Waals surface area contributed by atoms with Crippen LogP contribution in [0, 0.1) is 23.2 Å². The molecule has 0 spiro atoms. The number of nitriles is 1. The Labute approximate surface area is 210 Å². The Morgan fingerprint density at radius 3 is 2.44 bits per heavy atom. The van der Waals surface area contributed by atoms with Gasteiger partial charge in [-0.15, -0.1) is 0 Å². The molecule has 6 heteroatoms. The average molecular weight is 481 g/mol. The van der Waals surface area contributed by atoms with Crippen LogP contribution >= 0.6 is 0 Å². The molecule has 0 aliphatic carbocycles. The second-order valence-electron chi connectivity index (χ2n) is 10.6. The normalized spacial score (nSPS) is 29.5. The number of anilines is 1. The van der Waals surface area contributed by atoms with Crippen LogP contribution < -0.4 is 4.90 Å². The van der Waals surface area contributed by atoms with Gasteiger partial charge in [-0.05, 0) is 56.7 Å². The molecular weight excluding hydrogens is 452 g/mol. The van der Waals surface area contributed by atoms with Crippen LogP contribution in [0.4, 0.5) is 5.69 Å². The summed E-state index contributed by atoms with van der Waals surface area (Å²) < 4.78 is 6.56. The van der Waals surface area contributed by atoms with Crippen LogP contribution in [-0.4, -0.2) is 28.1 Å². The Morgan fingerprint density at radius 1 is 1.00 bits per heavy atom. The summed E-state index contributed by atoms with van der Waals surface area (Å²) in [5.74, 6) is -1.49. The maximum absolute atomic E-state index is 14.0. The highest BCUT2D eigenvalue weighted by Crippen LogP contribution is 2.63. The van der Waals surface area contributed by atoms with Gasteiger partial charge in [0, 0.05) is 10.8 Å². The zero-order chi connectivity index (χ0) is 25.1. The van der Waals surface area contributed by atoms with E-state index in [-0.39, 0.29) is 11.8 Å². The van der Waals surface area contributed by atoms with Crippen LogP contribution in [0.25, 0.3) is 10.8 Å². The summed E-state index contributed by atoms with van der Waals surface area (Å²) in [7, 11) is 0. The highest BCUT2D eigenvalue weighted by Gasteiger charge is 2.73. The number of fused-ring (bicyclic) bond motifs is 6. The topological polar surface area (TPSA) is 90.6 Å². The van der Waals surface area contributed by atoms with Gasteiger partial charge >= 0.3 is 0 Å². The lowest BCUT2D eigenvalue weighted by molar-refractivity contribution is -0.130. The maximum atomic E-state index is 14.0. The van der Waals surface area contributed by atoms with Crippen LogP contribution in [0.2, 0.25) is 0 Å². The van der Waals surface area contributed by atoms with Crippen molar-refractivity contribution < 1.29 is 19.4 Å². The first kappa shape index (κ1) is 22.9. The van der Waals surface area contributed by atoms with Gasteiger partial charge in [0.25, 0.3) is 0 Å². The molecule has 0 saturated carbocycles. The Morgan fingerprint density at radius 2 is 1.69 bits per heavy atom. The Kier molecular flexibility index (Phi) is 5.26. The number of benzene rings is 3. The SMILES string of the molecule is CC12CCC(CCCC(O)c3ccccc3)(O1)[C@@H]1C(=O)N(c3ccc(C#N)c4ccccc34)C(=O)[C@@H]12. The number of amides is 2. The van der Waals surface area contributed by atoms with Crippen molar-refractivity contribution in [2.75, 3.05) is 4.90 Å². The summed E-state index contributed by atoms with van der Waals surface area (Å²) in [6, 6.07) is 22.6. The first-order valence-electron chi connectivity index (χ1n) is 12.6. The molecule has 3 unspecified atom stereocenters. The Hall–Kier alpha value is -3.53. The van der Waals surface area contributed by atoms with Gasteiger partial charge < -0.3 is 9.84 Å². The smallest absolute Gasteiger partial charge is 0.240 e. The quantitative estimate of drug-likeness (QED) is 0.499. The second-order valence-corrected chi connectivity index (χ2v) is 10.6. The van der Waals surface area contributed by atoms with E-state index in [9.17, 15) is 20.0 Å². The highest BCUT2D eigenvalue weighted by molar-refractivity contribution is 6.26. The zero-order valence-electron chi connectivity index (χ0n) is 20.2. The van der Waals surface area contributed by atoms with E-state index < -0.39 is 29.1 Å². The van der Waals surface area contributed by atoms with Crippen LogP contribution in [-0.2, 0) is 14.3 Å². The van der Waals surface area contributed by atoms with E-state index in [4.69, 9.17) is 4.74 Å². The number of carbonyl (C=O) groups is 2. The molecule has 5 atom stereocenters. The van der Waals surface area contributed by atoms with Crippen molar-refractivity contribution in [1.29, 1.82) is 5.26 Å². The molecule has 2 bridgehead atoms. The lowest BCUT2D eigenvalue weighted by Crippen LogP contribution is -2.42. The minimum atomic E-state index is -0.695. The Bertz CT molecular complexity index is 1410. The molecule has 6 rings (SSSR count). The molecule has 3 aromatic carbocycles. The molecule has 182 valence electrons. The third-order valence-corrected chi connectivity index (χ3v) is 8.54. The minimum absolute atomic E-state index is 0.215. The van der Waals surface area contributed by atoms with Crippen molar-refractivity contribution >= 4 is 28.3 Å². The first-order valence-corrected chi connectivity index (χ1v) is 12.6. The zero-order valence-corrected chi connectivity index (χ0v) is 20.2. The molecule has 36 heavy (non-hydrogen) atoms. The fraction of sp³-hybridized carbons (Fsp3) is 0.367. The summed E-state index contributed by atoms with van der Waals surface area (Å²) in [5.41, 5.74) is 0.554. The molecular formula is C30H28N2O4. The third kappa shape index (κ3) is 3.23. The average Bonchev–Trinajstić information content (AvgIpc) is 3.48. The largest absolute Gasteiger partial charge is 0.388 e. The summed E-state index contributed by atoms with van der Waals surface area (Å²) in [6.07, 6.45) is 2.76. The molecule has 0 radical (unpaired) electrons. The van der Waals surface area contributed by atoms with Gasteiger partial charge in [-0.1, -0.05) is 54.6 Å². The van der Waals surface area contributed by atoms with Gasteiger partial charge in [-0.3, -0.25) is 9.59 Å². The van der Waals surface area contributed by atoms with E-state index in [1.807, 2.05) is 61.5 Å². The second kappa shape index (κ2) is 8.26. The molecule has 3 aliphatic heterocycles. The highest BCUT2D eigenvalue weighted by atomic mass is 16.5. The maximum Gasteiger partial charge on any atom is 0.240 e. The van der Waals surface area contributed by atoms with E-state index in [2.05, 4.69) is 6.07 Å². The van der Waals surface area contributed by atoms with Crippen LogP contribution in [0.3, 0.4) is 0 Å². The predicted molar refractivity (Wildman–Crippen MR) is 135 cm³/mol. The molecule has 3 aliphatic rings. The van der Waals surface area contributed by atoms with E-state index in [0.717, 1.165) is 29.2 Å². The number of aliphatic hydroxyl groups excluding tert-OH is 1. The van der Waals surface area contributed by atoms with E-state index in [1.54, 1.807) is 12.1 Å². The van der Waals surface area contributed by atoms with Crippen molar-refractivity contribution in [2.45, 2.75) is 56.3 Å². The molecule has 6 nitrogen and oxygen atoms in total. The van der Waals surface area contributed by atoms with Gasteiger partial charge in [0.2, 0.25) is 11.8 Å². The van der Waals surface area contributed by atoms with Crippen molar-refractivity contribution in [3.8, 4) is 6.07 Å². The van der Waals surface area contributed by atoms with Gasteiger partial charge in [0.15, 0.2) is 0 Å². The van der Waals surface area contributed by atoms with Crippen LogP contribution in [0.1, 0.15) is 56.3 Å².